The maximum absolute atomic E-state index is 11.5. The summed E-state index contributed by atoms with van der Waals surface area (Å²) >= 11 is 7.51. The number of nitrogens with zero attached hydrogens (tertiary/aromatic N) is 2. The summed E-state index contributed by atoms with van der Waals surface area (Å²) in [5, 5.41) is 1.47. The van der Waals surface area contributed by atoms with Gasteiger partial charge in [-0.1, -0.05) is 41.1 Å². The maximum atomic E-state index is 11.5. The van der Waals surface area contributed by atoms with E-state index in [0.717, 1.165) is 15.7 Å². The number of thiazole rings is 1. The van der Waals surface area contributed by atoms with Gasteiger partial charge in [0.2, 0.25) is 0 Å². The van der Waals surface area contributed by atoms with Crippen LogP contribution in [0.15, 0.2) is 30.5 Å². The molecule has 1 heterocycles. The number of carbonyl (C=O) groups excluding carboxylic acids is 1. The number of hydrogen-bond donors (Lipinski definition) is 0. The highest BCUT2D eigenvalue weighted by Crippen LogP contribution is 2.32. The first-order valence-electron chi connectivity index (χ1n) is 6.06. The summed E-state index contributed by atoms with van der Waals surface area (Å²) < 4.78 is 4.69. The van der Waals surface area contributed by atoms with Crippen molar-refractivity contribution < 1.29 is 9.53 Å². The third-order valence-corrected chi connectivity index (χ3v) is 4.53. The zero-order chi connectivity index (χ0) is 14.7. The lowest BCUT2D eigenvalue weighted by Gasteiger charge is -2.25. The number of ether oxygens (including phenoxy) is 1. The third kappa shape index (κ3) is 2.94. The Bertz CT molecular complexity index is 615. The molecule has 1 aromatic carbocycles. The first kappa shape index (κ1) is 14.8. The van der Waals surface area contributed by atoms with E-state index in [0.29, 0.717) is 4.88 Å². The lowest BCUT2D eigenvalue weighted by atomic mass is 10.1. The average molecular weight is 311 g/mol. The van der Waals surface area contributed by atoms with Crippen molar-refractivity contribution in [1.29, 1.82) is 0 Å². The van der Waals surface area contributed by atoms with Crippen LogP contribution >= 0.6 is 22.9 Å². The van der Waals surface area contributed by atoms with Crippen LogP contribution in [0.2, 0.25) is 5.02 Å². The second-order valence-electron chi connectivity index (χ2n) is 4.31. The minimum absolute atomic E-state index is 0.0559. The number of halogens is 1. The number of anilines is 1. The summed E-state index contributed by atoms with van der Waals surface area (Å²) in [7, 11) is 3.28. The molecule has 1 unspecified atom stereocenters. The minimum atomic E-state index is -0.368. The number of hydrogen-bond acceptors (Lipinski definition) is 5. The number of aromatic nitrogens is 1. The van der Waals surface area contributed by atoms with Crippen molar-refractivity contribution in [3.63, 3.8) is 0 Å². The smallest absolute Gasteiger partial charge is 0.349 e. The highest BCUT2D eigenvalue weighted by Gasteiger charge is 2.19. The normalized spacial score (nSPS) is 12.0. The Morgan fingerprint density at radius 1 is 1.45 bits per heavy atom. The second-order valence-corrected chi connectivity index (χ2v) is 5.72. The molecule has 0 radical (unpaired) electrons. The molecule has 0 fully saturated rings. The Balaban J connectivity index is 2.23. The SMILES string of the molecule is COC(=O)c1cnc(N(C)C(C)c2ccccc2Cl)s1. The van der Waals surface area contributed by atoms with Crippen LogP contribution in [-0.4, -0.2) is 25.1 Å². The van der Waals surface area contributed by atoms with Gasteiger partial charge >= 0.3 is 5.97 Å². The summed E-state index contributed by atoms with van der Waals surface area (Å²) in [5.74, 6) is -0.368. The zero-order valence-corrected chi connectivity index (χ0v) is 13.0. The molecule has 0 aliphatic heterocycles. The van der Waals surface area contributed by atoms with Gasteiger partial charge in [0, 0.05) is 12.1 Å². The van der Waals surface area contributed by atoms with Crippen LogP contribution in [0.1, 0.15) is 28.2 Å². The lowest BCUT2D eigenvalue weighted by molar-refractivity contribution is 0.0606. The minimum Gasteiger partial charge on any atom is -0.465 e. The molecule has 0 N–H and O–H groups in total. The molecule has 0 saturated carbocycles. The fraction of sp³-hybridized carbons (Fsp3) is 0.286. The molecule has 0 aliphatic carbocycles. The lowest BCUT2D eigenvalue weighted by Crippen LogP contribution is -2.21. The number of esters is 1. The number of benzene rings is 1. The van der Waals surface area contributed by atoms with E-state index in [1.54, 1.807) is 0 Å². The second kappa shape index (κ2) is 6.24. The Kier molecular flexibility index (Phi) is 4.62. The van der Waals surface area contributed by atoms with Gasteiger partial charge in [-0.15, -0.1) is 0 Å². The van der Waals surface area contributed by atoms with Crippen LogP contribution in [0.3, 0.4) is 0 Å². The fourth-order valence-electron chi connectivity index (χ4n) is 1.81. The third-order valence-electron chi connectivity index (χ3n) is 3.12. The highest BCUT2D eigenvalue weighted by atomic mass is 35.5. The molecular formula is C14H15ClN2O2S. The molecule has 106 valence electrons. The number of methoxy groups -OCH3 is 1. The first-order chi connectivity index (χ1) is 9.54. The van der Waals surface area contributed by atoms with Crippen LogP contribution in [-0.2, 0) is 4.74 Å². The molecule has 0 amide bonds. The molecule has 20 heavy (non-hydrogen) atoms. The van der Waals surface area contributed by atoms with Crippen molar-refractivity contribution in [1.82, 2.24) is 4.98 Å². The largest absolute Gasteiger partial charge is 0.465 e. The Labute approximate surface area is 127 Å². The summed E-state index contributed by atoms with van der Waals surface area (Å²) in [6, 6.07) is 7.76. The average Bonchev–Trinajstić information content (AvgIpc) is 2.95. The van der Waals surface area contributed by atoms with Gasteiger partial charge in [0.05, 0.1) is 19.3 Å². The van der Waals surface area contributed by atoms with Gasteiger partial charge in [0.1, 0.15) is 4.88 Å². The Morgan fingerprint density at radius 2 is 2.15 bits per heavy atom. The van der Waals surface area contributed by atoms with Crippen LogP contribution in [0.25, 0.3) is 0 Å². The van der Waals surface area contributed by atoms with Gasteiger partial charge in [0.15, 0.2) is 5.13 Å². The van der Waals surface area contributed by atoms with Gasteiger partial charge in [0.25, 0.3) is 0 Å². The van der Waals surface area contributed by atoms with Crippen molar-refractivity contribution in [2.75, 3.05) is 19.1 Å². The van der Waals surface area contributed by atoms with Gasteiger partial charge in [-0.2, -0.15) is 0 Å². The molecule has 6 heteroatoms. The molecule has 0 spiro atoms. The van der Waals surface area contributed by atoms with E-state index in [1.165, 1.54) is 24.6 Å². The summed E-state index contributed by atoms with van der Waals surface area (Å²) in [6.07, 6.45) is 1.53. The molecule has 0 aliphatic rings. The van der Waals surface area contributed by atoms with E-state index in [-0.39, 0.29) is 12.0 Å². The van der Waals surface area contributed by atoms with Gasteiger partial charge in [-0.25, -0.2) is 9.78 Å². The van der Waals surface area contributed by atoms with Crippen LogP contribution in [0.5, 0.6) is 0 Å². The van der Waals surface area contributed by atoms with Crippen molar-refractivity contribution >= 4 is 34.0 Å². The Morgan fingerprint density at radius 3 is 2.80 bits per heavy atom. The van der Waals surface area contributed by atoms with E-state index in [1.807, 2.05) is 43.1 Å². The quantitative estimate of drug-likeness (QED) is 0.806. The molecule has 2 aromatic rings. The molecule has 1 aromatic heterocycles. The van der Waals surface area contributed by atoms with Crippen molar-refractivity contribution in [3.8, 4) is 0 Å². The molecule has 2 rings (SSSR count). The van der Waals surface area contributed by atoms with Crippen LogP contribution in [0.4, 0.5) is 5.13 Å². The number of rotatable bonds is 4. The predicted molar refractivity (Wildman–Crippen MR) is 81.7 cm³/mol. The summed E-state index contributed by atoms with van der Waals surface area (Å²) in [4.78, 5) is 18.2. The van der Waals surface area contributed by atoms with Crippen LogP contribution in [0, 0.1) is 0 Å². The fourth-order valence-corrected chi connectivity index (χ4v) is 2.98. The zero-order valence-electron chi connectivity index (χ0n) is 11.5. The van der Waals surface area contributed by atoms with Crippen molar-refractivity contribution in [3.05, 3.63) is 45.9 Å². The molecule has 4 nitrogen and oxygen atoms in total. The number of carbonyl (C=O) groups is 1. The van der Waals surface area contributed by atoms with Gasteiger partial charge in [-0.05, 0) is 18.6 Å². The molecule has 0 bridgehead atoms. The van der Waals surface area contributed by atoms with Crippen LogP contribution < -0.4 is 4.90 Å². The molecule has 1 atom stereocenters. The Hall–Kier alpha value is -1.59. The summed E-state index contributed by atoms with van der Waals surface area (Å²) in [6.45, 7) is 2.04. The summed E-state index contributed by atoms with van der Waals surface area (Å²) in [5.41, 5.74) is 1.02. The van der Waals surface area contributed by atoms with E-state index >= 15 is 0 Å². The monoisotopic (exact) mass is 310 g/mol. The first-order valence-corrected chi connectivity index (χ1v) is 7.25. The standard InChI is InChI=1S/C14H15ClN2O2S/c1-9(10-6-4-5-7-11(10)15)17(2)14-16-8-12(20-14)13(18)19-3/h4-9H,1-3H3. The van der Waals surface area contributed by atoms with Gasteiger partial charge in [-0.3, -0.25) is 0 Å². The molecular weight excluding hydrogens is 296 g/mol. The van der Waals surface area contributed by atoms with E-state index in [9.17, 15) is 4.79 Å². The van der Waals surface area contributed by atoms with Crippen molar-refractivity contribution in [2.45, 2.75) is 13.0 Å². The maximum Gasteiger partial charge on any atom is 0.349 e. The topological polar surface area (TPSA) is 42.4 Å². The molecule has 0 saturated heterocycles. The van der Waals surface area contributed by atoms with E-state index in [2.05, 4.69) is 9.72 Å². The van der Waals surface area contributed by atoms with E-state index in [4.69, 9.17) is 11.6 Å². The van der Waals surface area contributed by atoms with Crippen molar-refractivity contribution in [2.24, 2.45) is 0 Å². The highest BCUT2D eigenvalue weighted by molar-refractivity contribution is 7.17. The van der Waals surface area contributed by atoms with Gasteiger partial charge < -0.3 is 9.64 Å². The predicted octanol–water partition coefficient (Wildman–Crippen LogP) is 3.78. The van der Waals surface area contributed by atoms with E-state index < -0.39 is 0 Å².